The van der Waals surface area contributed by atoms with Gasteiger partial charge in [-0.25, -0.2) is 15.0 Å². The highest BCUT2D eigenvalue weighted by Crippen LogP contribution is 2.36. The van der Waals surface area contributed by atoms with Gasteiger partial charge in [0.1, 0.15) is 17.2 Å². The van der Waals surface area contributed by atoms with Gasteiger partial charge in [0, 0.05) is 50.1 Å². The smallest absolute Gasteiger partial charge is 0.371 e. The van der Waals surface area contributed by atoms with E-state index in [9.17, 15) is 13.2 Å². The van der Waals surface area contributed by atoms with Crippen LogP contribution in [0.4, 0.5) is 19.0 Å². The van der Waals surface area contributed by atoms with Crippen molar-refractivity contribution in [2.24, 2.45) is 5.92 Å². The number of imidazole rings is 1. The number of hydrogen-bond donors (Lipinski definition) is 2. The van der Waals surface area contributed by atoms with E-state index in [0.717, 1.165) is 12.7 Å². The summed E-state index contributed by atoms with van der Waals surface area (Å²) < 4.78 is 47.7. The maximum absolute atomic E-state index is 13.4. The molecule has 5 heterocycles. The van der Waals surface area contributed by atoms with Crippen LogP contribution >= 0.6 is 11.6 Å². The lowest BCUT2D eigenvalue weighted by Gasteiger charge is -2.40. The Morgan fingerprint density at radius 2 is 2.03 bits per heavy atom. The van der Waals surface area contributed by atoms with Crippen molar-refractivity contribution in [3.05, 3.63) is 41.3 Å². The summed E-state index contributed by atoms with van der Waals surface area (Å²) >= 11 is 5.83. The predicted octanol–water partition coefficient (Wildman–Crippen LogP) is 3.17. The zero-order valence-electron chi connectivity index (χ0n) is 18.0. The molecule has 2 saturated heterocycles. The minimum absolute atomic E-state index is 0.00208. The molecule has 2 fully saturated rings. The Kier molecular flexibility index (Phi) is 5.68. The molecule has 3 aromatic rings. The van der Waals surface area contributed by atoms with Crippen LogP contribution in [0.3, 0.4) is 0 Å². The quantitative estimate of drug-likeness (QED) is 0.595. The largest absolute Gasteiger partial charge is 0.419 e. The van der Waals surface area contributed by atoms with Gasteiger partial charge in [-0.15, -0.1) is 0 Å². The number of morpholine rings is 1. The monoisotopic (exact) mass is 481 g/mol. The Bertz CT molecular complexity index is 1170. The van der Waals surface area contributed by atoms with Gasteiger partial charge in [0.25, 0.3) is 0 Å². The van der Waals surface area contributed by atoms with Crippen molar-refractivity contribution < 1.29 is 17.9 Å². The Morgan fingerprint density at radius 1 is 1.21 bits per heavy atom. The van der Waals surface area contributed by atoms with Gasteiger partial charge in [0.2, 0.25) is 0 Å². The van der Waals surface area contributed by atoms with Crippen LogP contribution in [-0.4, -0.2) is 57.2 Å². The second kappa shape index (κ2) is 8.39. The third kappa shape index (κ3) is 4.25. The second-order valence-corrected chi connectivity index (χ2v) is 8.92. The molecule has 8 nitrogen and oxygen atoms in total. The van der Waals surface area contributed by atoms with E-state index in [1.54, 1.807) is 12.3 Å². The van der Waals surface area contributed by atoms with E-state index in [4.69, 9.17) is 16.3 Å². The van der Waals surface area contributed by atoms with Crippen LogP contribution in [0.1, 0.15) is 19.4 Å². The number of aromatic nitrogens is 4. The van der Waals surface area contributed by atoms with Crippen molar-refractivity contribution in [2.45, 2.75) is 38.3 Å². The van der Waals surface area contributed by atoms with Crippen LogP contribution in [0, 0.1) is 5.92 Å². The van der Waals surface area contributed by atoms with Gasteiger partial charge in [-0.2, -0.15) is 13.2 Å². The summed E-state index contributed by atoms with van der Waals surface area (Å²) in [6.45, 7) is 6.25. The van der Waals surface area contributed by atoms with E-state index in [2.05, 4.69) is 37.6 Å². The Labute approximate surface area is 193 Å². The number of halogens is 4. The van der Waals surface area contributed by atoms with Crippen molar-refractivity contribution in [3.63, 3.8) is 0 Å². The van der Waals surface area contributed by atoms with Crippen LogP contribution in [0.5, 0.6) is 0 Å². The first kappa shape index (κ1) is 22.3. The van der Waals surface area contributed by atoms with E-state index >= 15 is 0 Å². The SMILES string of the molecule is CC1NNCC1[C@@H]1CN(c2ccnc(-c3cnc4cc(Cl)c(C(F)(F)F)cn34)n2)C[C@@H](C)O1. The molecule has 12 heteroatoms. The van der Waals surface area contributed by atoms with E-state index in [-0.39, 0.29) is 29.7 Å². The number of nitrogens with one attached hydrogen (secondary N) is 2. The molecule has 2 N–H and O–H groups in total. The maximum atomic E-state index is 13.4. The number of rotatable bonds is 3. The standard InChI is InChI=1S/C21H23ClF3N7O/c1-11-8-31(10-17(33-11)13-6-28-30-12(13)2)18-3-4-26-20(29-18)16-7-27-19-5-15(22)14(9-32(16)19)21(23,24)25/h3-5,7,9,11-13,17,28,30H,6,8,10H2,1-2H3/t11-,12?,13?,17+/m1/s1. The summed E-state index contributed by atoms with van der Waals surface area (Å²) in [5.74, 6) is 1.27. The number of ether oxygens (including phenoxy) is 1. The topological polar surface area (TPSA) is 79.6 Å². The molecular weight excluding hydrogens is 459 g/mol. The highest BCUT2D eigenvalue weighted by Gasteiger charge is 2.37. The fraction of sp³-hybridized carbons (Fsp3) is 0.476. The molecule has 0 aliphatic carbocycles. The molecule has 0 bridgehead atoms. The summed E-state index contributed by atoms with van der Waals surface area (Å²) in [6.07, 6.45) is -0.583. The molecule has 2 aliphatic rings. The predicted molar refractivity (Wildman–Crippen MR) is 117 cm³/mol. The highest BCUT2D eigenvalue weighted by atomic mass is 35.5. The first-order valence-electron chi connectivity index (χ1n) is 10.7. The molecular formula is C21H23ClF3N7O. The second-order valence-electron chi connectivity index (χ2n) is 8.51. The number of hydrogen-bond acceptors (Lipinski definition) is 7. The molecule has 5 rings (SSSR count). The molecule has 176 valence electrons. The first-order chi connectivity index (χ1) is 15.7. The van der Waals surface area contributed by atoms with Gasteiger partial charge in [-0.3, -0.25) is 15.3 Å². The zero-order chi connectivity index (χ0) is 23.3. The number of anilines is 1. The van der Waals surface area contributed by atoms with Crippen molar-refractivity contribution in [1.82, 2.24) is 30.2 Å². The average Bonchev–Trinajstić information content (AvgIpc) is 3.37. The van der Waals surface area contributed by atoms with Crippen LogP contribution in [0.2, 0.25) is 5.02 Å². The minimum atomic E-state index is -4.59. The van der Waals surface area contributed by atoms with E-state index in [1.807, 2.05) is 6.92 Å². The molecule has 0 amide bonds. The third-order valence-corrected chi connectivity index (χ3v) is 6.48. The molecule has 2 unspecified atom stereocenters. The van der Waals surface area contributed by atoms with Gasteiger partial charge in [-0.05, 0) is 19.9 Å². The number of hydrazine groups is 1. The summed E-state index contributed by atoms with van der Waals surface area (Å²) in [4.78, 5) is 15.3. The van der Waals surface area contributed by atoms with Gasteiger partial charge in [-0.1, -0.05) is 11.6 Å². The number of fused-ring (bicyclic) bond motifs is 1. The van der Waals surface area contributed by atoms with Crippen molar-refractivity contribution in [2.75, 3.05) is 24.5 Å². The molecule has 2 aliphatic heterocycles. The van der Waals surface area contributed by atoms with Crippen molar-refractivity contribution in [3.8, 4) is 11.5 Å². The lowest BCUT2D eigenvalue weighted by molar-refractivity contribution is -0.137. The lowest BCUT2D eigenvalue weighted by Crippen LogP contribution is -2.52. The van der Waals surface area contributed by atoms with Crippen LogP contribution in [0.25, 0.3) is 17.2 Å². The summed E-state index contributed by atoms with van der Waals surface area (Å²) in [5.41, 5.74) is 6.10. The van der Waals surface area contributed by atoms with E-state index in [0.29, 0.717) is 30.5 Å². The van der Waals surface area contributed by atoms with Gasteiger partial charge < -0.3 is 9.64 Å². The van der Waals surface area contributed by atoms with Gasteiger partial charge in [0.15, 0.2) is 5.82 Å². The average molecular weight is 482 g/mol. The van der Waals surface area contributed by atoms with Crippen molar-refractivity contribution in [1.29, 1.82) is 0 Å². The van der Waals surface area contributed by atoms with E-state index < -0.39 is 16.8 Å². The third-order valence-electron chi connectivity index (χ3n) is 6.17. The first-order valence-corrected chi connectivity index (χ1v) is 11.0. The van der Waals surface area contributed by atoms with Crippen LogP contribution in [-0.2, 0) is 10.9 Å². The molecule has 4 atom stereocenters. The normalized spacial score (nSPS) is 26.3. The van der Waals surface area contributed by atoms with Crippen LogP contribution in [0.15, 0.2) is 30.7 Å². The fourth-order valence-electron chi connectivity index (χ4n) is 4.51. The molecule has 0 saturated carbocycles. The van der Waals surface area contributed by atoms with Gasteiger partial charge >= 0.3 is 6.18 Å². The molecule has 0 aromatic carbocycles. The lowest BCUT2D eigenvalue weighted by atomic mass is 9.95. The Balaban J connectivity index is 1.48. The fourth-order valence-corrected chi connectivity index (χ4v) is 4.76. The molecule has 0 spiro atoms. The zero-order valence-corrected chi connectivity index (χ0v) is 18.7. The number of alkyl halides is 3. The maximum Gasteiger partial charge on any atom is 0.419 e. The van der Waals surface area contributed by atoms with Crippen LogP contribution < -0.4 is 15.8 Å². The molecule has 3 aromatic heterocycles. The Hall–Kier alpha value is -2.47. The number of nitrogens with zero attached hydrogens (tertiary/aromatic N) is 5. The summed E-state index contributed by atoms with van der Waals surface area (Å²) in [5, 5.41) is -0.403. The highest BCUT2D eigenvalue weighted by molar-refractivity contribution is 6.31. The Morgan fingerprint density at radius 3 is 2.76 bits per heavy atom. The number of pyridine rings is 1. The molecule has 33 heavy (non-hydrogen) atoms. The molecule has 0 radical (unpaired) electrons. The van der Waals surface area contributed by atoms with E-state index in [1.165, 1.54) is 16.7 Å². The minimum Gasteiger partial charge on any atom is -0.371 e. The van der Waals surface area contributed by atoms with Crippen molar-refractivity contribution >= 4 is 23.1 Å². The summed E-state index contributed by atoms with van der Waals surface area (Å²) in [6, 6.07) is 3.27. The summed E-state index contributed by atoms with van der Waals surface area (Å²) in [7, 11) is 0. The van der Waals surface area contributed by atoms with Gasteiger partial charge in [0.05, 0.1) is 29.0 Å².